The lowest BCUT2D eigenvalue weighted by Crippen LogP contribution is -2.58. The summed E-state index contributed by atoms with van der Waals surface area (Å²) in [5, 5.41) is 25.3. The molecular formula is C20H32N6O7S. The summed E-state index contributed by atoms with van der Waals surface area (Å²) >= 11 is 1.46. The van der Waals surface area contributed by atoms with Gasteiger partial charge in [0.1, 0.15) is 18.1 Å². The van der Waals surface area contributed by atoms with E-state index in [-0.39, 0.29) is 12.8 Å². The third-order valence-electron chi connectivity index (χ3n) is 4.82. The van der Waals surface area contributed by atoms with Gasteiger partial charge in [0.2, 0.25) is 17.7 Å². The first kappa shape index (κ1) is 28.9. The molecule has 0 saturated carbocycles. The second kappa shape index (κ2) is 14.2. The highest BCUT2D eigenvalue weighted by Gasteiger charge is 2.32. The zero-order valence-electron chi connectivity index (χ0n) is 19.2. The molecule has 0 bridgehead atoms. The molecular weight excluding hydrogens is 468 g/mol. The molecule has 0 aliphatic rings. The molecule has 1 heterocycles. The minimum Gasteiger partial charge on any atom is -0.481 e. The number of carbonyl (C=O) groups is 5. The lowest BCUT2D eigenvalue weighted by molar-refractivity contribution is -0.147. The lowest BCUT2D eigenvalue weighted by atomic mass is 10.0. The molecule has 4 unspecified atom stereocenters. The van der Waals surface area contributed by atoms with E-state index in [1.807, 2.05) is 6.26 Å². The van der Waals surface area contributed by atoms with Crippen LogP contribution in [0.15, 0.2) is 12.5 Å². The fourth-order valence-corrected chi connectivity index (χ4v) is 3.41. The number of rotatable bonds is 15. The van der Waals surface area contributed by atoms with Gasteiger partial charge in [-0.2, -0.15) is 11.8 Å². The van der Waals surface area contributed by atoms with Crippen molar-refractivity contribution >= 4 is 41.4 Å². The monoisotopic (exact) mass is 500 g/mol. The summed E-state index contributed by atoms with van der Waals surface area (Å²) in [6.45, 7) is 3.26. The molecule has 0 aliphatic heterocycles. The largest absolute Gasteiger partial charge is 0.481 e. The number of hydrogen-bond donors (Lipinski definition) is 7. The Morgan fingerprint density at radius 1 is 1.06 bits per heavy atom. The van der Waals surface area contributed by atoms with Crippen molar-refractivity contribution in [2.75, 3.05) is 12.0 Å². The highest BCUT2D eigenvalue weighted by molar-refractivity contribution is 7.98. The number of carbonyl (C=O) groups excluding carboxylic acids is 3. The van der Waals surface area contributed by atoms with E-state index in [1.165, 1.54) is 24.3 Å². The molecule has 4 atom stereocenters. The predicted molar refractivity (Wildman–Crippen MR) is 124 cm³/mol. The number of nitrogens with one attached hydrogen (secondary N) is 4. The SMILES string of the molecule is CSCCC(NC(=O)C(N)Cc1cnc[nH]1)C(=O)NC(C(=O)NC(CC(=O)O)C(=O)O)C(C)C. The van der Waals surface area contributed by atoms with E-state index in [0.29, 0.717) is 11.4 Å². The summed E-state index contributed by atoms with van der Waals surface area (Å²) in [6.07, 6.45) is 4.45. The van der Waals surface area contributed by atoms with E-state index in [0.717, 1.165) is 0 Å². The highest BCUT2D eigenvalue weighted by Crippen LogP contribution is 2.08. The number of H-pyrrole nitrogens is 1. The van der Waals surface area contributed by atoms with Crippen molar-refractivity contribution in [3.05, 3.63) is 18.2 Å². The number of thioether (sulfide) groups is 1. The molecule has 8 N–H and O–H groups in total. The number of hydrogen-bond acceptors (Lipinski definition) is 8. The normalized spacial score (nSPS) is 14.5. The van der Waals surface area contributed by atoms with Gasteiger partial charge in [-0.15, -0.1) is 0 Å². The third-order valence-corrected chi connectivity index (χ3v) is 5.46. The summed E-state index contributed by atoms with van der Waals surface area (Å²) in [7, 11) is 0. The molecule has 0 radical (unpaired) electrons. The highest BCUT2D eigenvalue weighted by atomic mass is 32.2. The molecule has 1 aromatic rings. The molecule has 0 fully saturated rings. The molecule has 1 rings (SSSR count). The van der Waals surface area contributed by atoms with Gasteiger partial charge >= 0.3 is 11.9 Å². The van der Waals surface area contributed by atoms with E-state index >= 15 is 0 Å². The van der Waals surface area contributed by atoms with Gasteiger partial charge in [-0.1, -0.05) is 13.8 Å². The van der Waals surface area contributed by atoms with Crippen molar-refractivity contribution in [2.45, 2.75) is 57.3 Å². The number of aliphatic carboxylic acids is 2. The summed E-state index contributed by atoms with van der Waals surface area (Å²) in [4.78, 5) is 67.0. The second-order valence-corrected chi connectivity index (χ2v) is 8.94. The number of nitrogens with zero attached hydrogens (tertiary/aromatic N) is 1. The standard InChI is InChI=1S/C20H32N6O7S/c1-10(2)16(19(31)25-14(20(32)33)7-15(27)28)26-18(30)13(4-5-34-3)24-17(29)12(21)6-11-8-22-9-23-11/h8-10,12-14,16H,4-7,21H2,1-3H3,(H,22,23)(H,24,29)(H,25,31)(H,26,30)(H,27,28)(H,32,33). The Labute approximate surface area is 201 Å². The summed E-state index contributed by atoms with van der Waals surface area (Å²) < 4.78 is 0. The third kappa shape index (κ3) is 9.79. The number of carboxylic acid groups (broad SMARTS) is 2. The first-order valence-electron chi connectivity index (χ1n) is 10.5. The Balaban J connectivity index is 2.89. The molecule has 14 heteroatoms. The smallest absolute Gasteiger partial charge is 0.326 e. The fraction of sp³-hybridized carbons (Fsp3) is 0.600. The van der Waals surface area contributed by atoms with Gasteiger partial charge in [-0.25, -0.2) is 9.78 Å². The van der Waals surface area contributed by atoms with Crippen LogP contribution in [0.1, 0.15) is 32.4 Å². The van der Waals surface area contributed by atoms with E-state index < -0.39 is 66.2 Å². The lowest BCUT2D eigenvalue weighted by Gasteiger charge is -2.27. The number of aromatic amines is 1. The molecule has 1 aromatic heterocycles. The molecule has 0 aromatic carbocycles. The van der Waals surface area contributed by atoms with Gasteiger partial charge in [0.25, 0.3) is 0 Å². The van der Waals surface area contributed by atoms with Crippen molar-refractivity contribution in [3.63, 3.8) is 0 Å². The van der Waals surface area contributed by atoms with Crippen molar-refractivity contribution in [2.24, 2.45) is 11.7 Å². The van der Waals surface area contributed by atoms with Crippen LogP contribution in [0.3, 0.4) is 0 Å². The average molecular weight is 501 g/mol. The first-order valence-corrected chi connectivity index (χ1v) is 11.9. The minimum absolute atomic E-state index is 0.180. The number of nitrogens with two attached hydrogens (primary N) is 1. The molecule has 34 heavy (non-hydrogen) atoms. The van der Waals surface area contributed by atoms with Gasteiger partial charge in [-0.05, 0) is 24.3 Å². The predicted octanol–water partition coefficient (Wildman–Crippen LogP) is -1.30. The van der Waals surface area contributed by atoms with Crippen LogP contribution in [-0.2, 0) is 30.4 Å². The van der Waals surface area contributed by atoms with E-state index in [9.17, 15) is 24.0 Å². The molecule has 13 nitrogen and oxygen atoms in total. The van der Waals surface area contributed by atoms with Gasteiger partial charge in [-0.3, -0.25) is 19.2 Å². The van der Waals surface area contributed by atoms with Crippen molar-refractivity contribution in [1.29, 1.82) is 0 Å². The zero-order chi connectivity index (χ0) is 25.8. The maximum absolute atomic E-state index is 13.0. The second-order valence-electron chi connectivity index (χ2n) is 7.96. The van der Waals surface area contributed by atoms with E-state index in [2.05, 4.69) is 25.9 Å². The van der Waals surface area contributed by atoms with Crippen molar-refractivity contribution in [3.8, 4) is 0 Å². The Hall–Kier alpha value is -3.13. The van der Waals surface area contributed by atoms with Crippen LogP contribution in [0.4, 0.5) is 0 Å². The van der Waals surface area contributed by atoms with Gasteiger partial charge < -0.3 is 36.9 Å². The number of amides is 3. The van der Waals surface area contributed by atoms with Gasteiger partial charge in [0.05, 0.1) is 18.8 Å². The molecule has 0 saturated heterocycles. The molecule has 0 aliphatic carbocycles. The Morgan fingerprint density at radius 2 is 1.71 bits per heavy atom. The molecule has 190 valence electrons. The van der Waals surface area contributed by atoms with Crippen LogP contribution in [0.25, 0.3) is 0 Å². The number of aromatic nitrogens is 2. The minimum atomic E-state index is -1.66. The maximum Gasteiger partial charge on any atom is 0.326 e. The fourth-order valence-electron chi connectivity index (χ4n) is 2.93. The Morgan fingerprint density at radius 3 is 2.21 bits per heavy atom. The summed E-state index contributed by atoms with van der Waals surface area (Å²) in [6, 6.07) is -4.75. The van der Waals surface area contributed by atoms with Crippen LogP contribution < -0.4 is 21.7 Å². The number of imidazole rings is 1. The molecule has 3 amide bonds. The average Bonchev–Trinajstić information content (AvgIpc) is 3.26. The van der Waals surface area contributed by atoms with Crippen LogP contribution in [0.2, 0.25) is 0 Å². The van der Waals surface area contributed by atoms with Crippen molar-refractivity contribution in [1.82, 2.24) is 25.9 Å². The van der Waals surface area contributed by atoms with Gasteiger partial charge in [0.15, 0.2) is 0 Å². The summed E-state index contributed by atoms with van der Waals surface area (Å²) in [5.74, 6) is -4.88. The Kier molecular flexibility index (Phi) is 12.1. The van der Waals surface area contributed by atoms with Gasteiger partial charge in [0, 0.05) is 18.3 Å². The summed E-state index contributed by atoms with van der Waals surface area (Å²) in [5.41, 5.74) is 6.59. The quantitative estimate of drug-likeness (QED) is 0.151. The van der Waals surface area contributed by atoms with Crippen molar-refractivity contribution < 1.29 is 34.2 Å². The van der Waals surface area contributed by atoms with E-state index in [1.54, 1.807) is 13.8 Å². The number of carboxylic acids is 2. The van der Waals surface area contributed by atoms with Crippen LogP contribution in [0.5, 0.6) is 0 Å². The Bertz CT molecular complexity index is 848. The maximum atomic E-state index is 13.0. The van der Waals surface area contributed by atoms with Crippen LogP contribution in [-0.4, -0.2) is 86.0 Å². The molecule has 0 spiro atoms. The van der Waals surface area contributed by atoms with E-state index in [4.69, 9.17) is 15.9 Å². The zero-order valence-corrected chi connectivity index (χ0v) is 20.1. The van der Waals surface area contributed by atoms with Crippen LogP contribution >= 0.6 is 11.8 Å². The first-order chi connectivity index (χ1) is 16.0. The topological polar surface area (TPSA) is 217 Å². The van der Waals surface area contributed by atoms with Crippen LogP contribution in [0, 0.1) is 5.92 Å².